The van der Waals surface area contributed by atoms with Crippen LogP contribution in [-0.4, -0.2) is 37.0 Å². The van der Waals surface area contributed by atoms with Crippen molar-refractivity contribution in [1.29, 1.82) is 0 Å². The van der Waals surface area contributed by atoms with Crippen LogP contribution in [0.15, 0.2) is 77.9 Å². The molecule has 0 unspecified atom stereocenters. The summed E-state index contributed by atoms with van der Waals surface area (Å²) in [6.45, 7) is 4.12. The lowest BCUT2D eigenvalue weighted by atomic mass is 10.1. The van der Waals surface area contributed by atoms with Crippen molar-refractivity contribution in [1.82, 2.24) is 20.9 Å². The Bertz CT molecular complexity index is 1020. The number of pyridine rings is 1. The van der Waals surface area contributed by atoms with Crippen LogP contribution < -0.4 is 16.0 Å². The lowest BCUT2D eigenvalue weighted by Crippen LogP contribution is -2.38. The van der Waals surface area contributed by atoms with E-state index in [0.717, 1.165) is 47.9 Å². The molecule has 0 spiro atoms. The molecule has 3 N–H and O–H groups in total. The lowest BCUT2D eigenvalue weighted by molar-refractivity contribution is 0.0963. The zero-order chi connectivity index (χ0) is 21.9. The third-order valence-electron chi connectivity index (χ3n) is 4.77. The van der Waals surface area contributed by atoms with Crippen LogP contribution in [0.2, 0.25) is 0 Å². The normalized spacial score (nSPS) is 11.1. The van der Waals surface area contributed by atoms with Gasteiger partial charge in [-0.3, -0.25) is 9.78 Å². The molecule has 1 heterocycles. The molecule has 3 aromatic rings. The number of aromatic nitrogens is 1. The summed E-state index contributed by atoms with van der Waals surface area (Å²) in [6, 6.07) is 21.9. The van der Waals surface area contributed by atoms with E-state index in [1.807, 2.05) is 55.5 Å². The largest absolute Gasteiger partial charge is 0.357 e. The predicted molar refractivity (Wildman–Crippen MR) is 126 cm³/mol. The summed E-state index contributed by atoms with van der Waals surface area (Å²) in [5.41, 5.74) is 4.94. The Hall–Kier alpha value is -3.67. The standard InChI is InChI=1S/C25H29N5O/c1-3-27-25(29-15-13-19-8-6-11-22(16-19)24(31)26-2)30-18-20-9-7-10-21(17-20)23-12-4-5-14-28-23/h4-12,14,16-17H,3,13,15,18H2,1-2H3,(H,26,31)(H2,27,29,30). The Morgan fingerprint density at radius 1 is 0.968 bits per heavy atom. The molecule has 0 saturated heterocycles. The van der Waals surface area contributed by atoms with E-state index in [0.29, 0.717) is 12.1 Å². The molecule has 2 aromatic carbocycles. The smallest absolute Gasteiger partial charge is 0.251 e. The van der Waals surface area contributed by atoms with Crippen molar-refractivity contribution < 1.29 is 4.79 Å². The molecule has 160 valence electrons. The minimum Gasteiger partial charge on any atom is -0.357 e. The number of aliphatic imine (C=N–C) groups is 1. The number of benzene rings is 2. The first kappa shape index (κ1) is 22.0. The van der Waals surface area contributed by atoms with Gasteiger partial charge in [-0.2, -0.15) is 0 Å². The molecule has 0 aliphatic carbocycles. The van der Waals surface area contributed by atoms with E-state index in [1.54, 1.807) is 13.2 Å². The van der Waals surface area contributed by atoms with Crippen LogP contribution >= 0.6 is 0 Å². The first-order chi connectivity index (χ1) is 15.2. The SMILES string of the molecule is CCNC(=NCc1cccc(-c2ccccn2)c1)NCCc1cccc(C(=O)NC)c1. The van der Waals surface area contributed by atoms with Crippen molar-refractivity contribution in [3.63, 3.8) is 0 Å². The fraction of sp³-hybridized carbons (Fsp3) is 0.240. The highest BCUT2D eigenvalue weighted by molar-refractivity contribution is 5.94. The number of nitrogens with zero attached hydrogens (tertiary/aromatic N) is 2. The Morgan fingerprint density at radius 3 is 2.58 bits per heavy atom. The van der Waals surface area contributed by atoms with Crippen LogP contribution in [0.25, 0.3) is 11.3 Å². The van der Waals surface area contributed by atoms with Crippen molar-refractivity contribution in [2.24, 2.45) is 4.99 Å². The highest BCUT2D eigenvalue weighted by Crippen LogP contribution is 2.18. The molecule has 0 fully saturated rings. The third kappa shape index (κ3) is 6.67. The lowest BCUT2D eigenvalue weighted by Gasteiger charge is -2.12. The molecule has 0 aliphatic heterocycles. The van der Waals surface area contributed by atoms with Crippen LogP contribution in [0.4, 0.5) is 0 Å². The maximum Gasteiger partial charge on any atom is 0.251 e. The second-order valence-electron chi connectivity index (χ2n) is 7.07. The van der Waals surface area contributed by atoms with Crippen LogP contribution in [0.5, 0.6) is 0 Å². The molecular weight excluding hydrogens is 386 g/mol. The molecule has 6 heteroatoms. The molecule has 6 nitrogen and oxygen atoms in total. The van der Waals surface area contributed by atoms with Gasteiger partial charge in [0.2, 0.25) is 0 Å². The molecular formula is C25H29N5O. The van der Waals surface area contributed by atoms with Gasteiger partial charge in [-0.15, -0.1) is 0 Å². The van der Waals surface area contributed by atoms with Gasteiger partial charge in [0, 0.05) is 37.5 Å². The minimum atomic E-state index is -0.0716. The summed E-state index contributed by atoms with van der Waals surface area (Å²) in [6.07, 6.45) is 2.60. The highest BCUT2D eigenvalue weighted by atomic mass is 16.1. The Labute approximate surface area is 183 Å². The van der Waals surface area contributed by atoms with Gasteiger partial charge in [0.1, 0.15) is 0 Å². The second-order valence-corrected chi connectivity index (χ2v) is 7.07. The van der Waals surface area contributed by atoms with Crippen molar-refractivity contribution in [2.45, 2.75) is 19.9 Å². The molecule has 31 heavy (non-hydrogen) atoms. The van der Waals surface area contributed by atoms with Crippen LogP contribution in [0, 0.1) is 0 Å². The summed E-state index contributed by atoms with van der Waals surface area (Å²) in [7, 11) is 1.64. The monoisotopic (exact) mass is 415 g/mol. The summed E-state index contributed by atoms with van der Waals surface area (Å²) < 4.78 is 0. The average molecular weight is 416 g/mol. The van der Waals surface area contributed by atoms with Crippen molar-refractivity contribution >= 4 is 11.9 Å². The van der Waals surface area contributed by atoms with Crippen LogP contribution in [-0.2, 0) is 13.0 Å². The first-order valence-electron chi connectivity index (χ1n) is 10.5. The van der Waals surface area contributed by atoms with Gasteiger partial charge in [-0.1, -0.05) is 36.4 Å². The zero-order valence-corrected chi connectivity index (χ0v) is 18.1. The van der Waals surface area contributed by atoms with E-state index < -0.39 is 0 Å². The predicted octanol–water partition coefficient (Wildman–Crippen LogP) is 3.41. The number of rotatable bonds is 8. The van der Waals surface area contributed by atoms with Gasteiger partial charge in [-0.25, -0.2) is 4.99 Å². The number of carbonyl (C=O) groups is 1. The second kappa shape index (κ2) is 11.5. The molecule has 3 rings (SSSR count). The fourth-order valence-corrected chi connectivity index (χ4v) is 3.21. The van der Waals surface area contributed by atoms with Gasteiger partial charge in [0.25, 0.3) is 5.91 Å². The van der Waals surface area contributed by atoms with Crippen molar-refractivity contribution in [2.75, 3.05) is 20.1 Å². The van der Waals surface area contributed by atoms with Gasteiger partial charge in [-0.05, 0) is 54.8 Å². The number of amides is 1. The molecule has 0 bridgehead atoms. The van der Waals surface area contributed by atoms with Crippen molar-refractivity contribution in [3.05, 3.63) is 89.6 Å². The fourth-order valence-electron chi connectivity index (χ4n) is 3.21. The Morgan fingerprint density at radius 2 is 1.81 bits per heavy atom. The molecule has 0 atom stereocenters. The van der Waals surface area contributed by atoms with E-state index in [-0.39, 0.29) is 5.91 Å². The molecule has 1 aromatic heterocycles. The minimum absolute atomic E-state index is 0.0716. The summed E-state index contributed by atoms with van der Waals surface area (Å²) >= 11 is 0. The maximum absolute atomic E-state index is 11.8. The van der Waals surface area contributed by atoms with Gasteiger partial charge in [0.15, 0.2) is 5.96 Å². The number of carbonyl (C=O) groups excluding carboxylic acids is 1. The molecule has 0 saturated carbocycles. The number of hydrogen-bond acceptors (Lipinski definition) is 3. The third-order valence-corrected chi connectivity index (χ3v) is 4.77. The molecule has 0 aliphatic rings. The average Bonchev–Trinajstić information content (AvgIpc) is 2.83. The van der Waals surface area contributed by atoms with E-state index in [1.165, 1.54) is 0 Å². The number of hydrogen-bond donors (Lipinski definition) is 3. The summed E-state index contributed by atoms with van der Waals surface area (Å²) in [5.74, 6) is 0.700. The quantitative estimate of drug-likeness (QED) is 0.389. The summed E-state index contributed by atoms with van der Waals surface area (Å²) in [4.78, 5) is 20.9. The first-order valence-corrected chi connectivity index (χ1v) is 10.5. The van der Waals surface area contributed by atoms with Crippen LogP contribution in [0.1, 0.15) is 28.4 Å². The van der Waals surface area contributed by atoms with E-state index in [9.17, 15) is 4.79 Å². The molecule has 1 amide bonds. The van der Waals surface area contributed by atoms with Crippen molar-refractivity contribution in [3.8, 4) is 11.3 Å². The Balaban J connectivity index is 1.60. The highest BCUT2D eigenvalue weighted by Gasteiger charge is 2.05. The summed E-state index contributed by atoms with van der Waals surface area (Å²) in [5, 5.41) is 9.32. The van der Waals surface area contributed by atoms with E-state index in [4.69, 9.17) is 4.99 Å². The van der Waals surface area contributed by atoms with E-state index >= 15 is 0 Å². The maximum atomic E-state index is 11.8. The Kier molecular flexibility index (Phi) is 8.17. The van der Waals surface area contributed by atoms with Gasteiger partial charge >= 0.3 is 0 Å². The van der Waals surface area contributed by atoms with Crippen LogP contribution in [0.3, 0.4) is 0 Å². The zero-order valence-electron chi connectivity index (χ0n) is 18.1. The van der Waals surface area contributed by atoms with E-state index in [2.05, 4.69) is 39.1 Å². The topological polar surface area (TPSA) is 78.4 Å². The van der Waals surface area contributed by atoms with Gasteiger partial charge in [0.05, 0.1) is 12.2 Å². The number of guanidine groups is 1. The molecule has 0 radical (unpaired) electrons. The number of nitrogens with one attached hydrogen (secondary N) is 3. The van der Waals surface area contributed by atoms with Gasteiger partial charge < -0.3 is 16.0 Å².